The van der Waals surface area contributed by atoms with Crippen LogP contribution < -0.4 is 14.4 Å². The number of nitrogens with zero attached hydrogens (tertiary/aromatic N) is 1. The molecule has 0 saturated heterocycles. The lowest BCUT2D eigenvalue weighted by atomic mass is 10.1. The van der Waals surface area contributed by atoms with E-state index >= 15 is 0 Å². The van der Waals surface area contributed by atoms with Gasteiger partial charge in [0.05, 0.1) is 18.5 Å². The van der Waals surface area contributed by atoms with Crippen LogP contribution in [0.1, 0.15) is 31.4 Å². The number of carbonyl (C=O) groups is 1. The Morgan fingerprint density at radius 2 is 1.87 bits per heavy atom. The van der Waals surface area contributed by atoms with E-state index in [1.54, 1.807) is 32.0 Å². The minimum Gasteiger partial charge on any atom is -0.492 e. The van der Waals surface area contributed by atoms with Crippen LogP contribution >= 0.6 is 11.6 Å². The summed E-state index contributed by atoms with van der Waals surface area (Å²) in [5.74, 6) is 0.311. The van der Waals surface area contributed by atoms with Crippen molar-refractivity contribution in [2.24, 2.45) is 0 Å². The number of anilines is 1. The lowest BCUT2D eigenvalue weighted by Gasteiger charge is -2.29. The standard InChI is InChI=1S/C22H29ClN2O4S/c1-5-6-18-8-11-20(12-9-18)29-14-13-24-22(26)17(3)25(30(4,27)28)21-15-19(23)10-7-16(21)2/h7-12,15,17H,5-6,13-14H2,1-4H3,(H,24,26). The van der Waals surface area contributed by atoms with Gasteiger partial charge in [-0.25, -0.2) is 8.42 Å². The molecule has 8 heteroatoms. The van der Waals surface area contributed by atoms with Crippen LogP contribution in [-0.4, -0.2) is 39.8 Å². The van der Waals surface area contributed by atoms with Gasteiger partial charge < -0.3 is 10.1 Å². The van der Waals surface area contributed by atoms with Gasteiger partial charge in [0.25, 0.3) is 0 Å². The van der Waals surface area contributed by atoms with Crippen molar-refractivity contribution in [2.75, 3.05) is 23.7 Å². The molecule has 1 N–H and O–H groups in total. The lowest BCUT2D eigenvalue weighted by molar-refractivity contribution is -0.121. The highest BCUT2D eigenvalue weighted by Gasteiger charge is 2.30. The Hall–Kier alpha value is -2.25. The number of ether oxygens (including phenoxy) is 1. The Labute approximate surface area is 184 Å². The first-order valence-corrected chi connectivity index (χ1v) is 12.1. The van der Waals surface area contributed by atoms with Crippen LogP contribution in [0, 0.1) is 6.92 Å². The smallest absolute Gasteiger partial charge is 0.243 e. The van der Waals surface area contributed by atoms with Gasteiger partial charge in [-0.05, 0) is 55.7 Å². The van der Waals surface area contributed by atoms with Crippen molar-refractivity contribution in [3.8, 4) is 5.75 Å². The van der Waals surface area contributed by atoms with E-state index in [1.807, 2.05) is 24.3 Å². The molecule has 0 radical (unpaired) electrons. The summed E-state index contributed by atoms with van der Waals surface area (Å²) in [6.45, 7) is 5.98. The van der Waals surface area contributed by atoms with Crippen LogP contribution in [0.4, 0.5) is 5.69 Å². The van der Waals surface area contributed by atoms with Gasteiger partial charge in [-0.3, -0.25) is 9.10 Å². The highest BCUT2D eigenvalue weighted by molar-refractivity contribution is 7.92. The molecule has 0 aliphatic carbocycles. The molecule has 1 unspecified atom stereocenters. The van der Waals surface area contributed by atoms with Crippen LogP contribution in [0.5, 0.6) is 5.75 Å². The summed E-state index contributed by atoms with van der Waals surface area (Å²) in [4.78, 5) is 12.6. The summed E-state index contributed by atoms with van der Waals surface area (Å²) < 4.78 is 31.6. The molecule has 164 valence electrons. The van der Waals surface area contributed by atoms with Crippen LogP contribution in [0.25, 0.3) is 0 Å². The van der Waals surface area contributed by atoms with E-state index in [9.17, 15) is 13.2 Å². The molecule has 0 aliphatic heterocycles. The highest BCUT2D eigenvalue weighted by atomic mass is 35.5. The highest BCUT2D eigenvalue weighted by Crippen LogP contribution is 2.28. The molecule has 2 aromatic rings. The molecule has 2 aromatic carbocycles. The summed E-state index contributed by atoms with van der Waals surface area (Å²) in [5.41, 5.74) is 2.35. The number of amides is 1. The van der Waals surface area contributed by atoms with Gasteiger partial charge in [-0.2, -0.15) is 0 Å². The number of sulfonamides is 1. The third-order valence-corrected chi connectivity index (χ3v) is 6.09. The van der Waals surface area contributed by atoms with Crippen molar-refractivity contribution in [3.05, 3.63) is 58.6 Å². The summed E-state index contributed by atoms with van der Waals surface area (Å²) in [7, 11) is -3.70. The molecule has 30 heavy (non-hydrogen) atoms. The van der Waals surface area contributed by atoms with Crippen LogP contribution in [0.3, 0.4) is 0 Å². The predicted octanol–water partition coefficient (Wildman–Crippen LogP) is 3.95. The largest absolute Gasteiger partial charge is 0.492 e. The molecule has 0 aliphatic rings. The quantitative estimate of drug-likeness (QED) is 0.554. The maximum Gasteiger partial charge on any atom is 0.243 e. The molecule has 1 amide bonds. The number of hydrogen-bond donors (Lipinski definition) is 1. The Kier molecular flexibility index (Phi) is 8.55. The topological polar surface area (TPSA) is 75.7 Å². The normalized spacial score (nSPS) is 12.3. The zero-order valence-electron chi connectivity index (χ0n) is 17.8. The maximum atomic E-state index is 12.6. The van der Waals surface area contributed by atoms with Crippen LogP contribution in [0.2, 0.25) is 5.02 Å². The average molecular weight is 453 g/mol. The molecular weight excluding hydrogens is 424 g/mol. The van der Waals surface area contributed by atoms with Crippen molar-refractivity contribution >= 4 is 33.2 Å². The molecule has 2 rings (SSSR count). The van der Waals surface area contributed by atoms with Crippen molar-refractivity contribution in [1.82, 2.24) is 5.32 Å². The lowest BCUT2D eigenvalue weighted by Crippen LogP contribution is -2.48. The van der Waals surface area contributed by atoms with Gasteiger partial charge in [0.2, 0.25) is 15.9 Å². The van der Waals surface area contributed by atoms with E-state index in [-0.39, 0.29) is 13.2 Å². The Balaban J connectivity index is 1.98. The van der Waals surface area contributed by atoms with Crippen LogP contribution in [0.15, 0.2) is 42.5 Å². The van der Waals surface area contributed by atoms with Crippen molar-refractivity contribution < 1.29 is 17.9 Å². The second-order valence-electron chi connectivity index (χ2n) is 7.20. The van der Waals surface area contributed by atoms with Gasteiger partial charge in [0.1, 0.15) is 18.4 Å². The SMILES string of the molecule is CCCc1ccc(OCCNC(=O)C(C)N(c2cc(Cl)ccc2C)S(C)(=O)=O)cc1. The van der Waals surface area contributed by atoms with Gasteiger partial charge >= 0.3 is 0 Å². The van der Waals surface area contributed by atoms with Crippen molar-refractivity contribution in [1.29, 1.82) is 0 Å². The molecule has 6 nitrogen and oxygen atoms in total. The zero-order valence-corrected chi connectivity index (χ0v) is 19.4. The van der Waals surface area contributed by atoms with E-state index in [4.69, 9.17) is 16.3 Å². The fraction of sp³-hybridized carbons (Fsp3) is 0.409. The molecule has 0 spiro atoms. The third kappa shape index (κ3) is 6.64. The molecular formula is C22H29ClN2O4S. The van der Waals surface area contributed by atoms with E-state index in [2.05, 4.69) is 12.2 Å². The van der Waals surface area contributed by atoms with Crippen molar-refractivity contribution in [2.45, 2.75) is 39.7 Å². The Morgan fingerprint density at radius 1 is 1.20 bits per heavy atom. The molecule has 0 heterocycles. The van der Waals surface area contributed by atoms with Gasteiger partial charge in [-0.15, -0.1) is 0 Å². The molecule has 0 saturated carbocycles. The van der Waals surface area contributed by atoms with E-state index in [0.717, 1.165) is 29.2 Å². The number of nitrogens with one attached hydrogen (secondary N) is 1. The fourth-order valence-corrected chi connectivity index (χ4v) is 4.52. The number of carbonyl (C=O) groups excluding carboxylic acids is 1. The number of benzene rings is 2. The Morgan fingerprint density at radius 3 is 2.47 bits per heavy atom. The first kappa shape index (κ1) is 24.0. The molecule has 0 bridgehead atoms. The molecule has 0 fully saturated rings. The van der Waals surface area contributed by atoms with Crippen molar-refractivity contribution in [3.63, 3.8) is 0 Å². The number of aryl methyl sites for hydroxylation is 2. The maximum absolute atomic E-state index is 12.6. The molecule has 0 aromatic heterocycles. The number of hydrogen-bond acceptors (Lipinski definition) is 4. The molecule has 1 atom stereocenters. The van der Waals surface area contributed by atoms with Crippen LogP contribution in [-0.2, 0) is 21.2 Å². The summed E-state index contributed by atoms with van der Waals surface area (Å²) >= 11 is 6.04. The monoisotopic (exact) mass is 452 g/mol. The van der Waals surface area contributed by atoms with Gasteiger partial charge in [0, 0.05) is 5.02 Å². The minimum atomic E-state index is -3.70. The predicted molar refractivity (Wildman–Crippen MR) is 122 cm³/mol. The number of halogens is 1. The number of rotatable bonds is 10. The fourth-order valence-electron chi connectivity index (χ4n) is 3.13. The van der Waals surface area contributed by atoms with Gasteiger partial charge in [-0.1, -0.05) is 43.1 Å². The third-order valence-electron chi connectivity index (χ3n) is 4.63. The minimum absolute atomic E-state index is 0.256. The second kappa shape index (κ2) is 10.7. The summed E-state index contributed by atoms with van der Waals surface area (Å²) in [6.07, 6.45) is 3.18. The summed E-state index contributed by atoms with van der Waals surface area (Å²) in [5, 5.41) is 3.14. The van der Waals surface area contributed by atoms with E-state index in [0.29, 0.717) is 16.3 Å². The second-order valence-corrected chi connectivity index (χ2v) is 9.49. The Bertz CT molecular complexity index is 962. The summed E-state index contributed by atoms with van der Waals surface area (Å²) in [6, 6.07) is 11.9. The zero-order chi connectivity index (χ0) is 22.3. The van der Waals surface area contributed by atoms with E-state index < -0.39 is 22.0 Å². The van der Waals surface area contributed by atoms with Gasteiger partial charge in [0.15, 0.2) is 0 Å². The van der Waals surface area contributed by atoms with E-state index in [1.165, 1.54) is 5.56 Å². The first-order chi connectivity index (χ1) is 14.1. The average Bonchev–Trinajstić information content (AvgIpc) is 2.68. The first-order valence-electron chi connectivity index (χ1n) is 9.88.